The summed E-state index contributed by atoms with van der Waals surface area (Å²) in [6.07, 6.45) is 3.47. The summed E-state index contributed by atoms with van der Waals surface area (Å²) >= 11 is 0. The molecule has 1 atom stereocenters. The van der Waals surface area contributed by atoms with Crippen LogP contribution in [0.15, 0.2) is 30.6 Å². The molecule has 0 bridgehead atoms. The fraction of sp³-hybridized carbons (Fsp3) is 0.385. The molecule has 0 amide bonds. The molecule has 0 aliphatic rings. The molecule has 2 aromatic rings. The number of hydrogen-bond donors (Lipinski definition) is 0. The minimum absolute atomic E-state index is 0.566. The van der Waals surface area contributed by atoms with Crippen molar-refractivity contribution < 1.29 is 0 Å². The number of rotatable bonds is 2. The minimum atomic E-state index is 0.566. The van der Waals surface area contributed by atoms with E-state index in [4.69, 9.17) is 0 Å². The number of hydrogen-bond acceptors (Lipinski definition) is 2. The molecule has 2 heteroatoms. The molecule has 2 rings (SSSR count). The van der Waals surface area contributed by atoms with Gasteiger partial charge in [0.25, 0.3) is 0 Å². The lowest BCUT2D eigenvalue weighted by molar-refractivity contribution is 0.535. The van der Waals surface area contributed by atoms with Crippen molar-refractivity contribution in [3.8, 4) is 0 Å². The predicted octanol–water partition coefficient (Wildman–Crippen LogP) is 3.39. The zero-order valence-electron chi connectivity index (χ0n) is 9.44. The van der Waals surface area contributed by atoms with Gasteiger partial charge in [-0.15, -0.1) is 0 Å². The lowest BCUT2D eigenvalue weighted by atomic mass is 9.90. The van der Waals surface area contributed by atoms with E-state index in [1.807, 2.05) is 0 Å². The van der Waals surface area contributed by atoms with Gasteiger partial charge in [-0.25, -0.2) is 0 Å². The van der Waals surface area contributed by atoms with Crippen LogP contribution in [-0.4, -0.2) is 9.97 Å². The third kappa shape index (κ3) is 1.99. The zero-order valence-corrected chi connectivity index (χ0v) is 9.44. The van der Waals surface area contributed by atoms with Crippen molar-refractivity contribution in [1.29, 1.82) is 0 Å². The van der Waals surface area contributed by atoms with E-state index in [2.05, 4.69) is 48.9 Å². The van der Waals surface area contributed by atoms with Crippen LogP contribution < -0.4 is 0 Å². The zero-order chi connectivity index (χ0) is 10.8. The molecule has 0 aliphatic heterocycles. The molecule has 0 spiro atoms. The largest absolute Gasteiger partial charge is 0.253 e. The van der Waals surface area contributed by atoms with Crippen molar-refractivity contribution in [1.82, 2.24) is 9.97 Å². The van der Waals surface area contributed by atoms with Crippen LogP contribution in [0.1, 0.15) is 32.3 Å². The van der Waals surface area contributed by atoms with Crippen LogP contribution in [0.2, 0.25) is 0 Å². The molecule has 0 saturated carbocycles. The molecule has 1 aromatic carbocycles. The molecule has 0 aliphatic carbocycles. The summed E-state index contributed by atoms with van der Waals surface area (Å²) in [5, 5.41) is 0. The Kier molecular flexibility index (Phi) is 2.67. The van der Waals surface area contributed by atoms with E-state index in [1.165, 1.54) is 5.56 Å². The molecule has 15 heavy (non-hydrogen) atoms. The van der Waals surface area contributed by atoms with Crippen LogP contribution in [0, 0.1) is 5.92 Å². The van der Waals surface area contributed by atoms with Crippen molar-refractivity contribution in [3.05, 3.63) is 36.2 Å². The lowest BCUT2D eigenvalue weighted by Crippen LogP contribution is -2.01. The van der Waals surface area contributed by atoms with Crippen molar-refractivity contribution >= 4 is 11.0 Å². The Morgan fingerprint density at radius 3 is 2.27 bits per heavy atom. The van der Waals surface area contributed by atoms with Crippen LogP contribution in [0.5, 0.6) is 0 Å². The quantitative estimate of drug-likeness (QED) is 0.742. The maximum atomic E-state index is 4.32. The summed E-state index contributed by atoms with van der Waals surface area (Å²) in [5.74, 6) is 1.22. The number of aromatic nitrogens is 2. The first-order valence-corrected chi connectivity index (χ1v) is 5.39. The van der Waals surface area contributed by atoms with Crippen LogP contribution in [0.25, 0.3) is 11.0 Å². The molecule has 1 heterocycles. The highest BCUT2D eigenvalue weighted by molar-refractivity contribution is 5.74. The summed E-state index contributed by atoms with van der Waals surface area (Å²) in [7, 11) is 0. The van der Waals surface area contributed by atoms with Gasteiger partial charge in [-0.1, -0.05) is 26.8 Å². The van der Waals surface area contributed by atoms with Crippen LogP contribution >= 0.6 is 0 Å². The Bertz CT molecular complexity index is 463. The van der Waals surface area contributed by atoms with Crippen LogP contribution in [0.4, 0.5) is 0 Å². The first-order chi connectivity index (χ1) is 7.18. The molecule has 0 saturated heterocycles. The summed E-state index contributed by atoms with van der Waals surface area (Å²) in [6.45, 7) is 6.74. The Morgan fingerprint density at radius 2 is 1.60 bits per heavy atom. The first-order valence-electron chi connectivity index (χ1n) is 5.39. The number of fused-ring (bicyclic) bond motifs is 1. The average molecular weight is 200 g/mol. The van der Waals surface area contributed by atoms with Crippen molar-refractivity contribution in [3.63, 3.8) is 0 Å². The van der Waals surface area contributed by atoms with Crippen molar-refractivity contribution in [2.45, 2.75) is 26.7 Å². The van der Waals surface area contributed by atoms with Gasteiger partial charge in [-0.05, 0) is 29.5 Å². The molecule has 0 N–H and O–H groups in total. The smallest absolute Gasteiger partial charge is 0.0889 e. The third-order valence-electron chi connectivity index (χ3n) is 3.02. The average Bonchev–Trinajstić information content (AvgIpc) is 2.27. The second-order valence-electron chi connectivity index (χ2n) is 4.34. The van der Waals surface area contributed by atoms with Gasteiger partial charge in [0.2, 0.25) is 0 Å². The minimum Gasteiger partial charge on any atom is -0.253 e. The maximum absolute atomic E-state index is 4.32. The Labute approximate surface area is 90.4 Å². The monoisotopic (exact) mass is 200 g/mol. The second kappa shape index (κ2) is 3.97. The molecule has 78 valence electrons. The highest BCUT2D eigenvalue weighted by Gasteiger charge is 2.10. The van der Waals surface area contributed by atoms with Crippen molar-refractivity contribution in [2.75, 3.05) is 0 Å². The molecule has 0 unspecified atom stereocenters. The SMILES string of the molecule is CC(C)[C@H](C)c1ccc2nccnc2c1. The fourth-order valence-corrected chi connectivity index (χ4v) is 1.65. The van der Waals surface area contributed by atoms with Gasteiger partial charge in [0, 0.05) is 12.4 Å². The van der Waals surface area contributed by atoms with Crippen LogP contribution in [0.3, 0.4) is 0 Å². The van der Waals surface area contributed by atoms with Gasteiger partial charge in [0.15, 0.2) is 0 Å². The van der Waals surface area contributed by atoms with E-state index in [-0.39, 0.29) is 0 Å². The molecule has 0 radical (unpaired) electrons. The summed E-state index contributed by atoms with van der Waals surface area (Å²) in [5.41, 5.74) is 3.30. The summed E-state index contributed by atoms with van der Waals surface area (Å²) in [6, 6.07) is 6.35. The van der Waals surface area contributed by atoms with E-state index in [1.54, 1.807) is 12.4 Å². The van der Waals surface area contributed by atoms with Gasteiger partial charge in [0.1, 0.15) is 0 Å². The van der Waals surface area contributed by atoms with Gasteiger partial charge in [-0.3, -0.25) is 9.97 Å². The van der Waals surface area contributed by atoms with Gasteiger partial charge >= 0.3 is 0 Å². The summed E-state index contributed by atoms with van der Waals surface area (Å²) < 4.78 is 0. The fourth-order valence-electron chi connectivity index (χ4n) is 1.65. The second-order valence-corrected chi connectivity index (χ2v) is 4.34. The van der Waals surface area contributed by atoms with Crippen molar-refractivity contribution in [2.24, 2.45) is 5.92 Å². The Hall–Kier alpha value is -1.44. The third-order valence-corrected chi connectivity index (χ3v) is 3.02. The van der Waals surface area contributed by atoms with E-state index < -0.39 is 0 Å². The Balaban J connectivity index is 2.47. The predicted molar refractivity (Wildman–Crippen MR) is 62.8 cm³/mol. The standard InChI is InChI=1S/C13H16N2/c1-9(2)10(3)11-4-5-12-13(8-11)15-7-6-14-12/h4-10H,1-3H3/t10-/m0/s1. The topological polar surface area (TPSA) is 25.8 Å². The van der Waals surface area contributed by atoms with Gasteiger partial charge in [0.05, 0.1) is 11.0 Å². The normalized spacial score (nSPS) is 13.3. The van der Waals surface area contributed by atoms with Gasteiger partial charge in [-0.2, -0.15) is 0 Å². The first kappa shape index (κ1) is 10.1. The highest BCUT2D eigenvalue weighted by atomic mass is 14.8. The molecule has 1 aromatic heterocycles. The highest BCUT2D eigenvalue weighted by Crippen LogP contribution is 2.25. The summed E-state index contributed by atoms with van der Waals surface area (Å²) in [4.78, 5) is 8.59. The molecule has 0 fully saturated rings. The molecule has 2 nitrogen and oxygen atoms in total. The lowest BCUT2D eigenvalue weighted by Gasteiger charge is -2.15. The van der Waals surface area contributed by atoms with Gasteiger partial charge < -0.3 is 0 Å². The number of nitrogens with zero attached hydrogens (tertiary/aromatic N) is 2. The van der Waals surface area contributed by atoms with E-state index >= 15 is 0 Å². The maximum Gasteiger partial charge on any atom is 0.0889 e. The molecular weight excluding hydrogens is 184 g/mol. The molecular formula is C13H16N2. The van der Waals surface area contributed by atoms with E-state index in [0.717, 1.165) is 11.0 Å². The van der Waals surface area contributed by atoms with E-state index in [9.17, 15) is 0 Å². The van der Waals surface area contributed by atoms with E-state index in [0.29, 0.717) is 11.8 Å². The van der Waals surface area contributed by atoms with Crippen LogP contribution in [-0.2, 0) is 0 Å². The number of benzene rings is 1. The Morgan fingerprint density at radius 1 is 0.933 bits per heavy atom.